The molecule has 1 amide bonds. The van der Waals surface area contributed by atoms with E-state index in [0.29, 0.717) is 13.1 Å². The molecular weight excluding hydrogens is 328 g/mol. The number of nitrogens with zero attached hydrogens (tertiary/aromatic N) is 1. The summed E-state index contributed by atoms with van der Waals surface area (Å²) in [7, 11) is 1.63. The van der Waals surface area contributed by atoms with Crippen LogP contribution in [0.4, 0.5) is 5.69 Å². The number of para-hydroxylation sites is 1. The van der Waals surface area contributed by atoms with Crippen LogP contribution in [-0.2, 0) is 11.3 Å². The van der Waals surface area contributed by atoms with E-state index in [1.807, 2.05) is 42.6 Å². The van der Waals surface area contributed by atoms with Crippen molar-refractivity contribution in [3.63, 3.8) is 0 Å². The van der Waals surface area contributed by atoms with Crippen LogP contribution in [-0.4, -0.2) is 29.8 Å². The molecule has 1 atom stereocenters. The molecular formula is C20H20N4O2. The number of ether oxygens (including phenoxy) is 1. The molecule has 0 bridgehead atoms. The van der Waals surface area contributed by atoms with Gasteiger partial charge in [-0.2, -0.15) is 5.10 Å². The van der Waals surface area contributed by atoms with Crippen LogP contribution in [0.25, 0.3) is 11.1 Å². The molecule has 0 aliphatic carbocycles. The monoisotopic (exact) mass is 348 g/mol. The van der Waals surface area contributed by atoms with Gasteiger partial charge in [0.1, 0.15) is 5.75 Å². The van der Waals surface area contributed by atoms with Crippen molar-refractivity contribution in [3.8, 4) is 16.9 Å². The van der Waals surface area contributed by atoms with Crippen molar-refractivity contribution in [2.75, 3.05) is 19.0 Å². The fourth-order valence-electron chi connectivity index (χ4n) is 3.31. The lowest BCUT2D eigenvalue weighted by Crippen LogP contribution is -2.30. The van der Waals surface area contributed by atoms with Crippen molar-refractivity contribution in [3.05, 3.63) is 66.0 Å². The lowest BCUT2D eigenvalue weighted by molar-refractivity contribution is -0.122. The van der Waals surface area contributed by atoms with E-state index in [9.17, 15) is 4.79 Å². The normalized spacial score (nSPS) is 15.2. The molecule has 132 valence electrons. The number of methoxy groups -OCH3 is 1. The fourth-order valence-corrected chi connectivity index (χ4v) is 3.31. The molecule has 2 aromatic carbocycles. The van der Waals surface area contributed by atoms with Crippen LogP contribution >= 0.6 is 0 Å². The minimum atomic E-state index is -0.196. The van der Waals surface area contributed by atoms with Crippen molar-refractivity contribution in [2.24, 2.45) is 0 Å². The fraction of sp³-hybridized carbons (Fsp3) is 0.200. The van der Waals surface area contributed by atoms with Crippen molar-refractivity contribution in [1.29, 1.82) is 0 Å². The highest BCUT2D eigenvalue weighted by Gasteiger charge is 2.28. The number of carbonyl (C=O) groups is 1. The van der Waals surface area contributed by atoms with Gasteiger partial charge in [-0.3, -0.25) is 9.89 Å². The van der Waals surface area contributed by atoms with Gasteiger partial charge in [-0.1, -0.05) is 30.3 Å². The van der Waals surface area contributed by atoms with Gasteiger partial charge in [-0.15, -0.1) is 0 Å². The molecule has 6 nitrogen and oxygen atoms in total. The van der Waals surface area contributed by atoms with E-state index in [-0.39, 0.29) is 11.8 Å². The van der Waals surface area contributed by atoms with Gasteiger partial charge in [0.25, 0.3) is 0 Å². The SMILES string of the molecule is COc1ccccc1CNC(=O)C1CNc2cc(-c3cn[nH]c3)ccc21. The summed E-state index contributed by atoms with van der Waals surface area (Å²) in [5.74, 6) is 0.596. The number of carbonyl (C=O) groups excluding carboxylic acids is 1. The Hall–Kier alpha value is -3.28. The molecule has 0 fully saturated rings. The van der Waals surface area contributed by atoms with Gasteiger partial charge in [0.2, 0.25) is 5.91 Å². The van der Waals surface area contributed by atoms with Gasteiger partial charge in [-0.25, -0.2) is 0 Å². The molecule has 4 rings (SSSR count). The Kier molecular flexibility index (Phi) is 4.31. The number of fused-ring (bicyclic) bond motifs is 1. The van der Waals surface area contributed by atoms with Crippen molar-refractivity contribution < 1.29 is 9.53 Å². The van der Waals surface area contributed by atoms with Crippen LogP contribution in [0.1, 0.15) is 17.0 Å². The third-order valence-corrected chi connectivity index (χ3v) is 4.72. The quantitative estimate of drug-likeness (QED) is 0.662. The first-order valence-corrected chi connectivity index (χ1v) is 8.53. The average molecular weight is 348 g/mol. The van der Waals surface area contributed by atoms with Crippen LogP contribution in [0.15, 0.2) is 54.9 Å². The maximum Gasteiger partial charge on any atom is 0.229 e. The lowest BCUT2D eigenvalue weighted by Gasteiger charge is -2.13. The Morgan fingerprint density at radius 2 is 2.15 bits per heavy atom. The third kappa shape index (κ3) is 3.01. The summed E-state index contributed by atoms with van der Waals surface area (Å²) >= 11 is 0. The van der Waals surface area contributed by atoms with Crippen molar-refractivity contribution in [2.45, 2.75) is 12.5 Å². The van der Waals surface area contributed by atoms with E-state index >= 15 is 0 Å². The maximum atomic E-state index is 12.7. The Balaban J connectivity index is 1.47. The Morgan fingerprint density at radius 3 is 2.96 bits per heavy atom. The average Bonchev–Trinajstić information content (AvgIpc) is 3.35. The number of aromatic nitrogens is 2. The summed E-state index contributed by atoms with van der Waals surface area (Å²) in [6.45, 7) is 1.05. The second-order valence-corrected chi connectivity index (χ2v) is 6.25. The van der Waals surface area contributed by atoms with E-state index in [2.05, 4.69) is 26.9 Å². The second-order valence-electron chi connectivity index (χ2n) is 6.25. The number of hydrogen-bond acceptors (Lipinski definition) is 4. The first-order chi connectivity index (χ1) is 12.8. The minimum absolute atomic E-state index is 0.0122. The molecule has 1 aliphatic heterocycles. The molecule has 0 spiro atoms. The van der Waals surface area contributed by atoms with Crippen molar-refractivity contribution in [1.82, 2.24) is 15.5 Å². The van der Waals surface area contributed by atoms with Crippen LogP contribution < -0.4 is 15.4 Å². The van der Waals surface area contributed by atoms with E-state index < -0.39 is 0 Å². The zero-order valence-corrected chi connectivity index (χ0v) is 14.5. The predicted octanol–water partition coefficient (Wildman–Crippen LogP) is 2.91. The molecule has 26 heavy (non-hydrogen) atoms. The molecule has 0 radical (unpaired) electrons. The topological polar surface area (TPSA) is 79.0 Å². The van der Waals surface area contributed by atoms with Crippen LogP contribution in [0.5, 0.6) is 5.75 Å². The third-order valence-electron chi connectivity index (χ3n) is 4.72. The maximum absolute atomic E-state index is 12.7. The summed E-state index contributed by atoms with van der Waals surface area (Å²) in [4.78, 5) is 12.7. The molecule has 2 heterocycles. The molecule has 1 unspecified atom stereocenters. The first kappa shape index (κ1) is 16.2. The second kappa shape index (κ2) is 6.92. The number of aromatic amines is 1. The Bertz CT molecular complexity index is 921. The number of anilines is 1. The minimum Gasteiger partial charge on any atom is -0.496 e. The number of benzene rings is 2. The van der Waals surface area contributed by atoms with E-state index in [0.717, 1.165) is 33.7 Å². The number of amides is 1. The highest BCUT2D eigenvalue weighted by molar-refractivity contribution is 5.89. The Morgan fingerprint density at radius 1 is 1.27 bits per heavy atom. The zero-order chi connectivity index (χ0) is 17.9. The number of hydrogen-bond donors (Lipinski definition) is 3. The number of H-pyrrole nitrogens is 1. The highest BCUT2D eigenvalue weighted by atomic mass is 16.5. The number of nitrogens with one attached hydrogen (secondary N) is 3. The standard InChI is InChI=1S/C20H20N4O2/c1-26-19-5-3-2-4-14(19)9-22-20(25)17-12-21-18-8-13(6-7-16(17)18)15-10-23-24-11-15/h2-8,10-11,17,21H,9,12H2,1H3,(H,22,25)(H,23,24). The largest absolute Gasteiger partial charge is 0.496 e. The van der Waals surface area contributed by atoms with E-state index in [4.69, 9.17) is 4.74 Å². The summed E-state index contributed by atoms with van der Waals surface area (Å²) < 4.78 is 5.34. The van der Waals surface area contributed by atoms with Crippen LogP contribution in [0, 0.1) is 0 Å². The molecule has 3 N–H and O–H groups in total. The van der Waals surface area contributed by atoms with Gasteiger partial charge < -0.3 is 15.4 Å². The van der Waals surface area contributed by atoms with Gasteiger partial charge in [0.05, 0.1) is 19.2 Å². The molecule has 0 saturated heterocycles. The van der Waals surface area contributed by atoms with Crippen molar-refractivity contribution >= 4 is 11.6 Å². The number of rotatable bonds is 5. The van der Waals surface area contributed by atoms with E-state index in [1.54, 1.807) is 13.3 Å². The molecule has 1 aromatic heterocycles. The summed E-state index contributed by atoms with van der Waals surface area (Å²) in [6.07, 6.45) is 3.64. The van der Waals surface area contributed by atoms with Crippen LogP contribution in [0.2, 0.25) is 0 Å². The van der Waals surface area contributed by atoms with Gasteiger partial charge in [0, 0.05) is 36.1 Å². The highest BCUT2D eigenvalue weighted by Crippen LogP contribution is 2.35. The first-order valence-electron chi connectivity index (χ1n) is 8.53. The molecule has 6 heteroatoms. The molecule has 1 aliphatic rings. The predicted molar refractivity (Wildman–Crippen MR) is 100 cm³/mol. The van der Waals surface area contributed by atoms with E-state index in [1.165, 1.54) is 0 Å². The van der Waals surface area contributed by atoms with Gasteiger partial charge >= 0.3 is 0 Å². The smallest absolute Gasteiger partial charge is 0.229 e. The van der Waals surface area contributed by atoms with Gasteiger partial charge in [-0.05, 0) is 23.3 Å². The van der Waals surface area contributed by atoms with Crippen LogP contribution in [0.3, 0.4) is 0 Å². The summed E-state index contributed by atoms with van der Waals surface area (Å²) in [5.41, 5.74) is 5.08. The van der Waals surface area contributed by atoms with Gasteiger partial charge in [0.15, 0.2) is 0 Å². The lowest BCUT2D eigenvalue weighted by atomic mass is 9.97. The summed E-state index contributed by atoms with van der Waals surface area (Å²) in [6, 6.07) is 13.8. The summed E-state index contributed by atoms with van der Waals surface area (Å²) in [5, 5.41) is 13.2. The Labute approximate surface area is 151 Å². The molecule has 0 saturated carbocycles. The zero-order valence-electron chi connectivity index (χ0n) is 14.5. The molecule has 3 aromatic rings.